The summed E-state index contributed by atoms with van der Waals surface area (Å²) in [6, 6.07) is 9.23. The van der Waals surface area contributed by atoms with E-state index >= 15 is 0 Å². The van der Waals surface area contributed by atoms with Gasteiger partial charge in [-0.15, -0.1) is 0 Å². The first-order chi connectivity index (χ1) is 9.88. The van der Waals surface area contributed by atoms with E-state index in [0.717, 1.165) is 5.56 Å². The van der Waals surface area contributed by atoms with Crippen LogP contribution >= 0.6 is 0 Å². The summed E-state index contributed by atoms with van der Waals surface area (Å²) in [4.78, 5) is 13.6. The van der Waals surface area contributed by atoms with Crippen LogP contribution in [0.15, 0.2) is 36.4 Å². The number of hydrogen-bond acceptors (Lipinski definition) is 3. The van der Waals surface area contributed by atoms with Gasteiger partial charge >= 0.3 is 0 Å². The molecule has 2 aromatic rings. The van der Waals surface area contributed by atoms with E-state index < -0.39 is 5.82 Å². The van der Waals surface area contributed by atoms with Crippen molar-refractivity contribution in [3.63, 3.8) is 0 Å². The Labute approximate surface area is 122 Å². The van der Waals surface area contributed by atoms with Gasteiger partial charge in [-0.25, -0.2) is 4.39 Å². The molecular weight excluding hydrogens is 271 g/mol. The molecule has 0 atom stereocenters. The number of nitrogens with zero attached hydrogens (tertiary/aromatic N) is 1. The third-order valence-electron chi connectivity index (χ3n) is 2.95. The van der Waals surface area contributed by atoms with Crippen LogP contribution in [-0.4, -0.2) is 24.9 Å². The third kappa shape index (κ3) is 3.31. The number of carbonyl (C=O) groups excluding carboxylic acids is 1. The summed E-state index contributed by atoms with van der Waals surface area (Å²) < 4.78 is 19.4. The summed E-state index contributed by atoms with van der Waals surface area (Å²) in [5, 5.41) is 0. The zero-order chi connectivity index (χ0) is 15.6. The first-order valence-electron chi connectivity index (χ1n) is 6.43. The SMILES string of the molecule is Cc1ccc(F)c(Oc2cc(N)ccc2C(=O)N(C)C)c1. The summed E-state index contributed by atoms with van der Waals surface area (Å²) in [6.45, 7) is 1.83. The number of benzene rings is 2. The average molecular weight is 288 g/mol. The number of carbonyl (C=O) groups is 1. The lowest BCUT2D eigenvalue weighted by Gasteiger charge is -2.15. The molecular formula is C16H17FN2O2. The average Bonchev–Trinajstić information content (AvgIpc) is 2.42. The Bertz CT molecular complexity index is 684. The third-order valence-corrected chi connectivity index (χ3v) is 2.95. The number of aryl methyl sites for hydroxylation is 1. The topological polar surface area (TPSA) is 55.6 Å². The second-order valence-corrected chi connectivity index (χ2v) is 4.99. The molecule has 4 nitrogen and oxygen atoms in total. The van der Waals surface area contributed by atoms with Gasteiger partial charge in [-0.2, -0.15) is 0 Å². The van der Waals surface area contributed by atoms with Gasteiger partial charge in [0.1, 0.15) is 5.75 Å². The van der Waals surface area contributed by atoms with E-state index in [1.165, 1.54) is 17.0 Å². The molecule has 0 aliphatic rings. The van der Waals surface area contributed by atoms with Gasteiger partial charge in [0, 0.05) is 25.8 Å². The van der Waals surface area contributed by atoms with Crippen LogP contribution in [0.4, 0.5) is 10.1 Å². The molecule has 0 unspecified atom stereocenters. The lowest BCUT2D eigenvalue weighted by molar-refractivity contribution is 0.0825. The van der Waals surface area contributed by atoms with Crippen molar-refractivity contribution in [2.24, 2.45) is 0 Å². The molecule has 5 heteroatoms. The van der Waals surface area contributed by atoms with Gasteiger partial charge < -0.3 is 15.4 Å². The molecule has 0 saturated carbocycles. The van der Waals surface area contributed by atoms with E-state index in [1.54, 1.807) is 38.4 Å². The Morgan fingerprint density at radius 2 is 1.86 bits per heavy atom. The molecule has 1 amide bonds. The molecule has 0 aromatic heterocycles. The van der Waals surface area contributed by atoms with Gasteiger partial charge in [0.25, 0.3) is 5.91 Å². The van der Waals surface area contributed by atoms with Crippen molar-refractivity contribution < 1.29 is 13.9 Å². The predicted octanol–water partition coefficient (Wildman–Crippen LogP) is 3.21. The molecule has 110 valence electrons. The van der Waals surface area contributed by atoms with E-state index in [-0.39, 0.29) is 17.4 Å². The highest BCUT2D eigenvalue weighted by Crippen LogP contribution is 2.30. The predicted molar refractivity (Wildman–Crippen MR) is 80.1 cm³/mol. The van der Waals surface area contributed by atoms with Crippen LogP contribution in [0.1, 0.15) is 15.9 Å². The number of nitrogen functional groups attached to an aromatic ring is 1. The van der Waals surface area contributed by atoms with Crippen LogP contribution in [0.5, 0.6) is 11.5 Å². The number of rotatable bonds is 3. The minimum absolute atomic E-state index is 0.0633. The summed E-state index contributed by atoms with van der Waals surface area (Å²) in [5.74, 6) is -0.434. The molecule has 2 rings (SSSR count). The lowest BCUT2D eigenvalue weighted by atomic mass is 10.1. The second-order valence-electron chi connectivity index (χ2n) is 4.99. The van der Waals surface area contributed by atoms with E-state index in [2.05, 4.69) is 0 Å². The first kappa shape index (κ1) is 14.8. The molecule has 0 saturated heterocycles. The van der Waals surface area contributed by atoms with Crippen LogP contribution in [-0.2, 0) is 0 Å². The van der Waals surface area contributed by atoms with E-state index in [1.807, 2.05) is 6.92 Å². The smallest absolute Gasteiger partial charge is 0.257 e. The fourth-order valence-corrected chi connectivity index (χ4v) is 1.85. The Hall–Kier alpha value is -2.56. The number of ether oxygens (including phenoxy) is 1. The zero-order valence-corrected chi connectivity index (χ0v) is 12.2. The molecule has 0 aliphatic carbocycles. The summed E-state index contributed by atoms with van der Waals surface area (Å²) >= 11 is 0. The van der Waals surface area contributed by atoms with Crippen molar-refractivity contribution in [2.75, 3.05) is 19.8 Å². The minimum atomic E-state index is -0.494. The fourth-order valence-electron chi connectivity index (χ4n) is 1.85. The quantitative estimate of drug-likeness (QED) is 0.882. The van der Waals surface area contributed by atoms with Gasteiger partial charge in [-0.3, -0.25) is 4.79 Å². The van der Waals surface area contributed by atoms with Gasteiger partial charge in [-0.1, -0.05) is 6.07 Å². The Morgan fingerprint density at radius 3 is 2.52 bits per heavy atom. The Balaban J connectivity index is 2.45. The van der Waals surface area contributed by atoms with Gasteiger partial charge in [-0.05, 0) is 36.8 Å². The van der Waals surface area contributed by atoms with E-state index in [9.17, 15) is 9.18 Å². The Morgan fingerprint density at radius 1 is 1.14 bits per heavy atom. The summed E-state index contributed by atoms with van der Waals surface area (Å²) in [7, 11) is 3.27. The summed E-state index contributed by atoms with van der Waals surface area (Å²) in [5.41, 5.74) is 7.35. The highest BCUT2D eigenvalue weighted by Gasteiger charge is 2.16. The van der Waals surface area contributed by atoms with Gasteiger partial charge in [0.15, 0.2) is 11.6 Å². The Kier molecular flexibility index (Phi) is 4.12. The summed E-state index contributed by atoms with van der Waals surface area (Å²) in [6.07, 6.45) is 0. The molecule has 0 fully saturated rings. The number of halogens is 1. The van der Waals surface area contributed by atoms with E-state index in [0.29, 0.717) is 11.3 Å². The number of nitrogens with two attached hydrogens (primary N) is 1. The van der Waals surface area contributed by atoms with Crippen LogP contribution < -0.4 is 10.5 Å². The van der Waals surface area contributed by atoms with Crippen molar-refractivity contribution in [1.82, 2.24) is 4.90 Å². The highest BCUT2D eigenvalue weighted by molar-refractivity contribution is 5.97. The molecule has 2 N–H and O–H groups in total. The molecule has 0 heterocycles. The number of anilines is 1. The molecule has 2 aromatic carbocycles. The normalized spacial score (nSPS) is 10.3. The largest absolute Gasteiger partial charge is 0.453 e. The van der Waals surface area contributed by atoms with Crippen LogP contribution in [0.2, 0.25) is 0 Å². The van der Waals surface area contributed by atoms with Gasteiger partial charge in [0.2, 0.25) is 0 Å². The maximum Gasteiger partial charge on any atom is 0.257 e. The van der Waals surface area contributed by atoms with Gasteiger partial charge in [0.05, 0.1) is 5.56 Å². The monoisotopic (exact) mass is 288 g/mol. The van der Waals surface area contributed by atoms with Crippen LogP contribution in [0.3, 0.4) is 0 Å². The maximum atomic E-state index is 13.8. The van der Waals surface area contributed by atoms with E-state index in [4.69, 9.17) is 10.5 Å². The molecule has 0 bridgehead atoms. The van der Waals surface area contributed by atoms with Crippen molar-refractivity contribution in [3.05, 3.63) is 53.3 Å². The van der Waals surface area contributed by atoms with Crippen molar-refractivity contribution >= 4 is 11.6 Å². The minimum Gasteiger partial charge on any atom is -0.453 e. The molecule has 0 spiro atoms. The lowest BCUT2D eigenvalue weighted by Crippen LogP contribution is -2.22. The molecule has 0 radical (unpaired) electrons. The van der Waals surface area contributed by atoms with Crippen molar-refractivity contribution in [2.45, 2.75) is 6.92 Å². The van der Waals surface area contributed by atoms with Crippen molar-refractivity contribution in [3.8, 4) is 11.5 Å². The molecule has 0 aliphatic heterocycles. The van der Waals surface area contributed by atoms with Crippen molar-refractivity contribution in [1.29, 1.82) is 0 Å². The zero-order valence-electron chi connectivity index (χ0n) is 12.2. The number of hydrogen-bond donors (Lipinski definition) is 1. The van der Waals surface area contributed by atoms with Crippen LogP contribution in [0.25, 0.3) is 0 Å². The molecule has 21 heavy (non-hydrogen) atoms. The maximum absolute atomic E-state index is 13.8. The van der Waals surface area contributed by atoms with Crippen LogP contribution in [0, 0.1) is 12.7 Å². The fraction of sp³-hybridized carbons (Fsp3) is 0.188. The highest BCUT2D eigenvalue weighted by atomic mass is 19.1. The second kappa shape index (κ2) is 5.83. The number of amides is 1. The standard InChI is InChI=1S/C16H17FN2O2/c1-10-4-7-13(17)15(8-10)21-14-9-11(18)5-6-12(14)16(20)19(2)3/h4-9H,18H2,1-3H3. The first-order valence-corrected chi connectivity index (χ1v) is 6.43.